The summed E-state index contributed by atoms with van der Waals surface area (Å²) in [5.74, 6) is -1.09. The molecule has 7 nitrogen and oxygen atoms in total. The van der Waals surface area contributed by atoms with Crippen LogP contribution in [-0.4, -0.2) is 59.8 Å². The molecule has 4 rings (SSSR count). The van der Waals surface area contributed by atoms with Crippen molar-refractivity contribution in [2.24, 2.45) is 0 Å². The van der Waals surface area contributed by atoms with Crippen LogP contribution in [0.25, 0.3) is 0 Å². The molecular weight excluding hydrogens is 460 g/mol. The Bertz CT molecular complexity index is 813. The second-order valence-corrected chi connectivity index (χ2v) is 10.9. The lowest BCUT2D eigenvalue weighted by atomic mass is 10.00. The molecule has 0 saturated carbocycles. The van der Waals surface area contributed by atoms with E-state index in [1.54, 1.807) is 12.1 Å². The van der Waals surface area contributed by atoms with Crippen LogP contribution >= 0.6 is 0 Å². The van der Waals surface area contributed by atoms with E-state index in [-0.39, 0.29) is 24.3 Å². The number of aliphatic hydroxyl groups excluding tert-OH is 1. The van der Waals surface area contributed by atoms with Crippen LogP contribution in [-0.2, 0) is 23.7 Å². The summed E-state index contributed by atoms with van der Waals surface area (Å²) in [4.78, 5) is 12.9. The van der Waals surface area contributed by atoms with Crippen LogP contribution in [0.1, 0.15) is 102 Å². The maximum absolute atomic E-state index is 12.9. The highest BCUT2D eigenvalue weighted by molar-refractivity contribution is 5.89. The Kier molecular flexibility index (Phi) is 9.81. The highest BCUT2D eigenvalue weighted by Crippen LogP contribution is 2.41. The van der Waals surface area contributed by atoms with E-state index in [0.717, 1.165) is 32.1 Å². The van der Waals surface area contributed by atoms with Crippen molar-refractivity contribution in [1.29, 1.82) is 0 Å². The Balaban J connectivity index is 1.31. The molecule has 0 spiro atoms. The maximum atomic E-state index is 12.9. The predicted molar refractivity (Wildman–Crippen MR) is 135 cm³/mol. The number of unbranched alkanes of at least 4 members (excludes halogenated alkanes) is 7. The largest absolute Gasteiger partial charge is 0.456 e. The lowest BCUT2D eigenvalue weighted by Crippen LogP contribution is -2.42. The zero-order valence-electron chi connectivity index (χ0n) is 22.1. The van der Waals surface area contributed by atoms with Gasteiger partial charge in [0.2, 0.25) is 0 Å². The molecule has 3 aliphatic rings. The number of aliphatic hydroxyl groups is 1. The van der Waals surface area contributed by atoms with E-state index in [9.17, 15) is 9.90 Å². The first kappa shape index (κ1) is 27.5. The Hall–Kier alpha value is -1.51. The van der Waals surface area contributed by atoms with Gasteiger partial charge < -0.3 is 28.8 Å². The van der Waals surface area contributed by atoms with Crippen LogP contribution in [0.15, 0.2) is 30.3 Å². The molecule has 3 saturated heterocycles. The maximum Gasteiger partial charge on any atom is 0.338 e. The minimum Gasteiger partial charge on any atom is -0.456 e. The number of carbonyl (C=O) groups is 1. The first-order valence-electron chi connectivity index (χ1n) is 14.0. The third-order valence-electron chi connectivity index (χ3n) is 7.53. The lowest BCUT2D eigenvalue weighted by Gasteiger charge is -2.28. The van der Waals surface area contributed by atoms with Crippen molar-refractivity contribution in [3.05, 3.63) is 35.9 Å². The highest BCUT2D eigenvalue weighted by atomic mass is 16.8. The zero-order chi connectivity index (χ0) is 25.5. The number of ether oxygens (including phenoxy) is 5. The summed E-state index contributed by atoms with van der Waals surface area (Å²) in [5, 5.41) is 10.9. The van der Waals surface area contributed by atoms with E-state index in [4.69, 9.17) is 23.7 Å². The van der Waals surface area contributed by atoms with Crippen LogP contribution in [0.4, 0.5) is 0 Å². The summed E-state index contributed by atoms with van der Waals surface area (Å²) in [5.41, 5.74) is 0.548. The number of hydrogen-bond acceptors (Lipinski definition) is 7. The number of esters is 1. The highest BCUT2D eigenvalue weighted by Gasteiger charge is 2.57. The first-order chi connectivity index (χ1) is 17.4. The third kappa shape index (κ3) is 7.07. The van der Waals surface area contributed by atoms with Gasteiger partial charge in [0, 0.05) is 0 Å². The smallest absolute Gasteiger partial charge is 0.338 e. The average Bonchev–Trinajstić information content (AvgIpc) is 3.54. The van der Waals surface area contributed by atoms with Gasteiger partial charge >= 0.3 is 5.97 Å². The van der Waals surface area contributed by atoms with E-state index in [1.807, 2.05) is 32.0 Å². The van der Waals surface area contributed by atoms with Crippen LogP contribution in [0.2, 0.25) is 0 Å². The van der Waals surface area contributed by atoms with Gasteiger partial charge in [-0.2, -0.15) is 0 Å². The minimum atomic E-state index is -0.821. The van der Waals surface area contributed by atoms with Crippen molar-refractivity contribution in [2.75, 3.05) is 0 Å². The summed E-state index contributed by atoms with van der Waals surface area (Å²) in [7, 11) is 0. The third-order valence-corrected chi connectivity index (χ3v) is 7.53. The quantitative estimate of drug-likeness (QED) is 0.279. The van der Waals surface area contributed by atoms with Gasteiger partial charge in [0.05, 0.1) is 17.8 Å². The van der Waals surface area contributed by atoms with Gasteiger partial charge in [0.25, 0.3) is 0 Å². The van der Waals surface area contributed by atoms with Gasteiger partial charge in [-0.15, -0.1) is 0 Å². The normalized spacial score (nSPS) is 31.9. The molecule has 1 N–H and O–H groups in total. The molecule has 1 aromatic carbocycles. The van der Waals surface area contributed by atoms with Gasteiger partial charge in [-0.25, -0.2) is 4.79 Å². The van der Waals surface area contributed by atoms with E-state index in [0.29, 0.717) is 5.56 Å². The Labute approximate surface area is 215 Å². The summed E-state index contributed by atoms with van der Waals surface area (Å²) in [6.07, 6.45) is 8.74. The molecule has 0 bridgehead atoms. The molecule has 3 fully saturated rings. The van der Waals surface area contributed by atoms with Gasteiger partial charge in [-0.1, -0.05) is 70.1 Å². The fraction of sp³-hybridized carbons (Fsp3) is 0.759. The van der Waals surface area contributed by atoms with Crippen molar-refractivity contribution >= 4 is 5.97 Å². The topological polar surface area (TPSA) is 83.5 Å². The summed E-state index contributed by atoms with van der Waals surface area (Å²) < 4.78 is 30.0. The molecule has 202 valence electrons. The average molecular weight is 505 g/mol. The van der Waals surface area contributed by atoms with Crippen molar-refractivity contribution in [3.8, 4) is 0 Å². The number of benzene rings is 1. The zero-order valence-corrected chi connectivity index (χ0v) is 22.1. The van der Waals surface area contributed by atoms with Crippen LogP contribution in [0.5, 0.6) is 0 Å². The summed E-state index contributed by atoms with van der Waals surface area (Å²) in [6.45, 7) is 5.87. The SMILES string of the molecule is CCCCCCCCCC[C@@H](OC(=O)c1ccccc1)[C@H]1CC[C@@H]([C@H]2O[C@@H]3OC(C)(C)O[C@@H]3[C@H]2O)O1. The Morgan fingerprint density at radius 1 is 0.972 bits per heavy atom. The number of fused-ring (bicyclic) bond motifs is 1. The van der Waals surface area contributed by atoms with Crippen molar-refractivity contribution < 1.29 is 33.6 Å². The van der Waals surface area contributed by atoms with Gasteiger partial charge in [0.15, 0.2) is 12.1 Å². The van der Waals surface area contributed by atoms with Crippen molar-refractivity contribution in [3.63, 3.8) is 0 Å². The van der Waals surface area contributed by atoms with Gasteiger partial charge in [0.1, 0.15) is 24.4 Å². The fourth-order valence-electron chi connectivity index (χ4n) is 5.61. The fourth-order valence-corrected chi connectivity index (χ4v) is 5.61. The number of hydrogen-bond donors (Lipinski definition) is 1. The van der Waals surface area contributed by atoms with Crippen LogP contribution < -0.4 is 0 Å². The van der Waals surface area contributed by atoms with E-state index < -0.39 is 30.4 Å². The number of carbonyl (C=O) groups excluding carboxylic acids is 1. The van der Waals surface area contributed by atoms with E-state index >= 15 is 0 Å². The second kappa shape index (κ2) is 12.8. The standard InChI is InChI=1S/C29H44O7/c1-4-5-6-7-8-9-10-14-17-21(33-27(31)20-15-12-11-13-16-20)22-18-19-23(32-22)25-24(30)26-28(34-25)36-29(2,3)35-26/h11-13,15-16,21-26,28,30H,4-10,14,17-19H2,1-3H3/t21-,22-,23+,24+,25-,26-,28-/m1/s1. The van der Waals surface area contributed by atoms with Crippen molar-refractivity contribution in [1.82, 2.24) is 0 Å². The molecule has 36 heavy (non-hydrogen) atoms. The molecule has 3 aliphatic heterocycles. The number of rotatable bonds is 13. The minimum absolute atomic E-state index is 0.221. The lowest BCUT2D eigenvalue weighted by molar-refractivity contribution is -0.229. The van der Waals surface area contributed by atoms with Crippen LogP contribution in [0.3, 0.4) is 0 Å². The monoisotopic (exact) mass is 504 g/mol. The molecule has 3 heterocycles. The van der Waals surface area contributed by atoms with Crippen molar-refractivity contribution in [2.45, 2.75) is 140 Å². The summed E-state index contributed by atoms with van der Waals surface area (Å²) in [6, 6.07) is 9.12. The molecule has 7 heteroatoms. The Morgan fingerprint density at radius 3 is 2.36 bits per heavy atom. The van der Waals surface area contributed by atoms with Crippen LogP contribution in [0, 0.1) is 0 Å². The predicted octanol–water partition coefficient (Wildman–Crippen LogP) is 5.53. The van der Waals surface area contributed by atoms with E-state index in [1.165, 1.54) is 38.5 Å². The molecule has 7 atom stereocenters. The molecule has 1 aromatic rings. The Morgan fingerprint density at radius 2 is 1.67 bits per heavy atom. The summed E-state index contributed by atoms with van der Waals surface area (Å²) >= 11 is 0. The molecule has 0 aliphatic carbocycles. The van der Waals surface area contributed by atoms with Gasteiger partial charge in [-0.3, -0.25) is 0 Å². The molecule has 0 radical (unpaired) electrons. The molecular formula is C29H44O7. The second-order valence-electron chi connectivity index (χ2n) is 10.9. The first-order valence-corrected chi connectivity index (χ1v) is 14.0. The molecule has 0 aromatic heterocycles. The van der Waals surface area contributed by atoms with E-state index in [2.05, 4.69) is 6.92 Å². The van der Waals surface area contributed by atoms with Gasteiger partial charge in [-0.05, 0) is 51.7 Å². The molecule has 0 amide bonds. The molecule has 0 unspecified atom stereocenters.